The first-order chi connectivity index (χ1) is 11.9. The van der Waals surface area contributed by atoms with Crippen LogP contribution in [-0.4, -0.2) is 47.1 Å². The van der Waals surface area contributed by atoms with E-state index in [0.717, 1.165) is 23.7 Å². The zero-order chi connectivity index (χ0) is 18.0. The lowest BCUT2D eigenvalue weighted by molar-refractivity contribution is -0.115. The molecule has 0 spiro atoms. The lowest BCUT2D eigenvalue weighted by atomic mass is 9.98. The minimum Gasteiger partial charge on any atom is -0.350 e. The van der Waals surface area contributed by atoms with Crippen molar-refractivity contribution >= 4 is 29.3 Å². The molecular formula is C19H27N3O2S. The van der Waals surface area contributed by atoms with E-state index < -0.39 is 0 Å². The van der Waals surface area contributed by atoms with Gasteiger partial charge in [-0.2, -0.15) is 0 Å². The van der Waals surface area contributed by atoms with Crippen LogP contribution in [0.1, 0.15) is 50.4 Å². The van der Waals surface area contributed by atoms with E-state index in [1.165, 1.54) is 31.0 Å². The molecule has 1 aromatic carbocycles. The van der Waals surface area contributed by atoms with Gasteiger partial charge in [0, 0.05) is 22.5 Å². The second kappa shape index (κ2) is 7.38. The Kier molecular flexibility index (Phi) is 5.39. The van der Waals surface area contributed by atoms with Crippen LogP contribution in [0.3, 0.4) is 0 Å². The SMILES string of the molecule is CC1Sc2ccc(C(=O)NCC(C)(C)N3CCCCC3)cc2NC1=O. The van der Waals surface area contributed by atoms with Crippen LogP contribution in [0.25, 0.3) is 0 Å². The molecule has 0 aromatic heterocycles. The Labute approximate surface area is 153 Å². The van der Waals surface area contributed by atoms with Gasteiger partial charge in [0.15, 0.2) is 0 Å². The molecule has 1 aromatic rings. The van der Waals surface area contributed by atoms with Crippen molar-refractivity contribution in [3.63, 3.8) is 0 Å². The van der Waals surface area contributed by atoms with Gasteiger partial charge < -0.3 is 10.6 Å². The number of carbonyl (C=O) groups is 2. The van der Waals surface area contributed by atoms with Crippen LogP contribution in [0.5, 0.6) is 0 Å². The summed E-state index contributed by atoms with van der Waals surface area (Å²) in [7, 11) is 0. The summed E-state index contributed by atoms with van der Waals surface area (Å²) in [5, 5.41) is 5.84. The third-order valence-corrected chi connectivity index (χ3v) is 6.24. The Morgan fingerprint density at radius 3 is 2.76 bits per heavy atom. The van der Waals surface area contributed by atoms with Crippen LogP contribution in [0, 0.1) is 0 Å². The first kappa shape index (κ1) is 18.3. The minimum absolute atomic E-state index is 0.0127. The number of anilines is 1. The number of thioether (sulfide) groups is 1. The van der Waals surface area contributed by atoms with Crippen LogP contribution in [0.4, 0.5) is 5.69 Å². The number of piperidine rings is 1. The number of rotatable bonds is 4. The maximum absolute atomic E-state index is 12.6. The van der Waals surface area contributed by atoms with E-state index in [9.17, 15) is 9.59 Å². The van der Waals surface area contributed by atoms with Crippen molar-refractivity contribution in [3.05, 3.63) is 23.8 Å². The van der Waals surface area contributed by atoms with Gasteiger partial charge in [-0.25, -0.2) is 0 Å². The molecule has 1 saturated heterocycles. The maximum Gasteiger partial charge on any atom is 0.251 e. The molecule has 1 unspecified atom stereocenters. The maximum atomic E-state index is 12.6. The van der Waals surface area contributed by atoms with Gasteiger partial charge in [-0.05, 0) is 64.9 Å². The smallest absolute Gasteiger partial charge is 0.251 e. The standard InChI is InChI=1S/C19H27N3O2S/c1-13-17(23)21-15-11-14(7-8-16(15)25-13)18(24)20-12-19(2,3)22-9-5-4-6-10-22/h7-8,11,13H,4-6,9-10,12H2,1-3H3,(H,20,24)(H,21,23). The van der Waals surface area contributed by atoms with E-state index in [0.29, 0.717) is 12.1 Å². The number of hydrogen-bond donors (Lipinski definition) is 2. The lowest BCUT2D eigenvalue weighted by Crippen LogP contribution is -2.53. The summed E-state index contributed by atoms with van der Waals surface area (Å²) in [6, 6.07) is 5.52. The molecule has 136 valence electrons. The number of amides is 2. The molecule has 1 fully saturated rings. The van der Waals surface area contributed by atoms with Gasteiger partial charge in [-0.3, -0.25) is 14.5 Å². The van der Waals surface area contributed by atoms with E-state index in [1.807, 2.05) is 19.1 Å². The topological polar surface area (TPSA) is 61.4 Å². The molecule has 2 aliphatic rings. The highest BCUT2D eigenvalue weighted by atomic mass is 32.2. The summed E-state index contributed by atoms with van der Waals surface area (Å²) in [5.41, 5.74) is 1.27. The molecule has 1 atom stereocenters. The Morgan fingerprint density at radius 2 is 2.04 bits per heavy atom. The molecule has 6 heteroatoms. The zero-order valence-corrected chi connectivity index (χ0v) is 16.0. The molecule has 25 heavy (non-hydrogen) atoms. The van der Waals surface area contributed by atoms with Gasteiger partial charge >= 0.3 is 0 Å². The lowest BCUT2D eigenvalue weighted by Gasteiger charge is -2.41. The van der Waals surface area contributed by atoms with Crippen LogP contribution >= 0.6 is 11.8 Å². The van der Waals surface area contributed by atoms with Crippen molar-refractivity contribution < 1.29 is 9.59 Å². The molecule has 2 amide bonds. The summed E-state index contributed by atoms with van der Waals surface area (Å²) < 4.78 is 0. The number of nitrogens with zero attached hydrogens (tertiary/aromatic N) is 1. The second-order valence-electron chi connectivity index (χ2n) is 7.50. The quantitative estimate of drug-likeness (QED) is 0.865. The van der Waals surface area contributed by atoms with Crippen molar-refractivity contribution in [2.75, 3.05) is 25.0 Å². The number of fused-ring (bicyclic) bond motifs is 1. The molecule has 3 rings (SSSR count). The third-order valence-electron chi connectivity index (χ3n) is 5.07. The van der Waals surface area contributed by atoms with Gasteiger partial charge in [0.25, 0.3) is 5.91 Å². The predicted molar refractivity (Wildman–Crippen MR) is 102 cm³/mol. The van der Waals surface area contributed by atoms with Crippen molar-refractivity contribution in [2.45, 2.75) is 55.7 Å². The van der Waals surface area contributed by atoms with Gasteiger partial charge in [-0.1, -0.05) is 6.42 Å². The summed E-state index contributed by atoms with van der Waals surface area (Å²) >= 11 is 1.53. The Morgan fingerprint density at radius 1 is 1.32 bits per heavy atom. The average molecular weight is 362 g/mol. The second-order valence-corrected chi connectivity index (χ2v) is 8.89. The van der Waals surface area contributed by atoms with Crippen molar-refractivity contribution in [2.24, 2.45) is 0 Å². The molecule has 5 nitrogen and oxygen atoms in total. The van der Waals surface area contributed by atoms with Crippen LogP contribution in [0.15, 0.2) is 23.1 Å². The molecule has 0 radical (unpaired) electrons. The van der Waals surface area contributed by atoms with Crippen LogP contribution < -0.4 is 10.6 Å². The molecular weight excluding hydrogens is 334 g/mol. The monoisotopic (exact) mass is 361 g/mol. The van der Waals surface area contributed by atoms with Gasteiger partial charge in [0.05, 0.1) is 10.9 Å². The third kappa shape index (κ3) is 4.18. The Balaban J connectivity index is 1.63. The van der Waals surface area contributed by atoms with Gasteiger partial charge in [0.1, 0.15) is 0 Å². The Bertz CT molecular complexity index is 669. The van der Waals surface area contributed by atoms with Gasteiger partial charge in [0.2, 0.25) is 5.91 Å². The molecule has 2 heterocycles. The highest BCUT2D eigenvalue weighted by Crippen LogP contribution is 2.35. The molecule has 2 aliphatic heterocycles. The number of hydrogen-bond acceptors (Lipinski definition) is 4. The zero-order valence-electron chi connectivity index (χ0n) is 15.2. The van der Waals surface area contributed by atoms with E-state index in [-0.39, 0.29) is 22.6 Å². The summed E-state index contributed by atoms with van der Waals surface area (Å²) in [5.74, 6) is -0.105. The fourth-order valence-electron chi connectivity index (χ4n) is 3.36. The van der Waals surface area contributed by atoms with Crippen molar-refractivity contribution in [1.29, 1.82) is 0 Å². The van der Waals surface area contributed by atoms with E-state index in [4.69, 9.17) is 0 Å². The number of benzene rings is 1. The molecule has 0 bridgehead atoms. The largest absolute Gasteiger partial charge is 0.350 e. The highest BCUT2D eigenvalue weighted by molar-refractivity contribution is 8.00. The number of carbonyl (C=O) groups excluding carboxylic acids is 2. The fourth-order valence-corrected chi connectivity index (χ4v) is 4.29. The molecule has 0 aliphatic carbocycles. The summed E-state index contributed by atoms with van der Waals surface area (Å²) in [4.78, 5) is 27.9. The number of likely N-dealkylation sites (tertiary alicyclic amines) is 1. The van der Waals surface area contributed by atoms with Crippen molar-refractivity contribution in [1.82, 2.24) is 10.2 Å². The highest BCUT2D eigenvalue weighted by Gasteiger charge is 2.29. The van der Waals surface area contributed by atoms with Gasteiger partial charge in [-0.15, -0.1) is 11.8 Å². The van der Waals surface area contributed by atoms with Crippen LogP contribution in [0.2, 0.25) is 0 Å². The van der Waals surface area contributed by atoms with Crippen molar-refractivity contribution in [3.8, 4) is 0 Å². The van der Waals surface area contributed by atoms with E-state index in [1.54, 1.807) is 6.07 Å². The minimum atomic E-state index is -0.0995. The fraction of sp³-hybridized carbons (Fsp3) is 0.579. The molecule has 2 N–H and O–H groups in total. The summed E-state index contributed by atoms with van der Waals surface area (Å²) in [6.45, 7) is 9.06. The van der Waals surface area contributed by atoms with E-state index >= 15 is 0 Å². The molecule has 0 saturated carbocycles. The Hall–Kier alpha value is -1.53. The van der Waals surface area contributed by atoms with Crippen LogP contribution in [-0.2, 0) is 4.79 Å². The van der Waals surface area contributed by atoms with E-state index in [2.05, 4.69) is 29.4 Å². The first-order valence-electron chi connectivity index (χ1n) is 9.02. The normalized spacial score (nSPS) is 21.4. The first-order valence-corrected chi connectivity index (χ1v) is 9.89. The average Bonchev–Trinajstić information content (AvgIpc) is 2.61. The number of nitrogens with one attached hydrogen (secondary N) is 2. The summed E-state index contributed by atoms with van der Waals surface area (Å²) in [6.07, 6.45) is 3.77. The predicted octanol–water partition coefficient (Wildman–Crippen LogP) is 3.11.